The van der Waals surface area contributed by atoms with E-state index in [1.54, 1.807) is 6.07 Å². The number of rotatable bonds is 0. The summed E-state index contributed by atoms with van der Waals surface area (Å²) in [6.45, 7) is 0. The van der Waals surface area contributed by atoms with Gasteiger partial charge < -0.3 is 10.2 Å². The van der Waals surface area contributed by atoms with Crippen LogP contribution in [0.4, 0.5) is 0 Å². The van der Waals surface area contributed by atoms with Gasteiger partial charge in [0, 0.05) is 5.02 Å². The Balaban J connectivity index is 2.45. The van der Waals surface area contributed by atoms with E-state index in [0.717, 1.165) is 17.5 Å². The zero-order valence-electron chi connectivity index (χ0n) is 7.07. The number of aryl methyl sites for hydroxylation is 1. The molecule has 2 atom stereocenters. The Morgan fingerprint density at radius 3 is 2.85 bits per heavy atom. The highest BCUT2D eigenvalue weighted by Gasteiger charge is 2.25. The first-order valence-corrected chi connectivity index (χ1v) is 4.71. The number of aliphatic hydroxyl groups excluding tert-OH is 2. The molecule has 0 heterocycles. The summed E-state index contributed by atoms with van der Waals surface area (Å²) in [7, 11) is 0. The van der Waals surface area contributed by atoms with Crippen LogP contribution in [0, 0.1) is 0 Å². The van der Waals surface area contributed by atoms with E-state index in [1.165, 1.54) is 0 Å². The molecule has 0 spiro atoms. The van der Waals surface area contributed by atoms with Crippen molar-refractivity contribution in [2.24, 2.45) is 0 Å². The molecule has 2 rings (SSSR count). The number of hydrogen-bond donors (Lipinski definition) is 2. The van der Waals surface area contributed by atoms with Crippen LogP contribution in [0.2, 0.25) is 5.02 Å². The molecule has 13 heavy (non-hydrogen) atoms. The number of aliphatic hydroxyl groups is 2. The maximum Gasteiger partial charge on any atom is 0.105 e. The molecule has 0 fully saturated rings. The van der Waals surface area contributed by atoms with E-state index in [2.05, 4.69) is 0 Å². The van der Waals surface area contributed by atoms with Gasteiger partial charge in [-0.2, -0.15) is 0 Å². The van der Waals surface area contributed by atoms with Crippen molar-refractivity contribution in [1.29, 1.82) is 0 Å². The number of hydrogen-bond acceptors (Lipinski definition) is 2. The van der Waals surface area contributed by atoms with Crippen LogP contribution < -0.4 is 0 Å². The van der Waals surface area contributed by atoms with Gasteiger partial charge in [-0.05, 0) is 36.1 Å². The molecule has 0 saturated carbocycles. The van der Waals surface area contributed by atoms with Gasteiger partial charge in [-0.25, -0.2) is 0 Å². The zero-order valence-corrected chi connectivity index (χ0v) is 7.83. The van der Waals surface area contributed by atoms with Crippen LogP contribution in [0.5, 0.6) is 0 Å². The SMILES string of the molecule is OC1CCc2ccc(Cl)cc2C1O. The van der Waals surface area contributed by atoms with Gasteiger partial charge in [-0.15, -0.1) is 0 Å². The molecule has 3 heteroatoms. The van der Waals surface area contributed by atoms with Crippen molar-refractivity contribution in [3.63, 3.8) is 0 Å². The quantitative estimate of drug-likeness (QED) is 0.666. The number of fused-ring (bicyclic) bond motifs is 1. The lowest BCUT2D eigenvalue weighted by atomic mass is 9.87. The monoisotopic (exact) mass is 198 g/mol. The van der Waals surface area contributed by atoms with Crippen LogP contribution >= 0.6 is 11.6 Å². The van der Waals surface area contributed by atoms with Crippen molar-refractivity contribution < 1.29 is 10.2 Å². The number of benzene rings is 1. The van der Waals surface area contributed by atoms with Crippen LogP contribution in [-0.4, -0.2) is 16.3 Å². The Morgan fingerprint density at radius 2 is 2.08 bits per heavy atom. The summed E-state index contributed by atoms with van der Waals surface area (Å²) in [6, 6.07) is 5.45. The molecule has 1 aliphatic rings. The van der Waals surface area contributed by atoms with Gasteiger partial charge in [-0.1, -0.05) is 17.7 Å². The molecule has 70 valence electrons. The van der Waals surface area contributed by atoms with Crippen molar-refractivity contribution in [3.8, 4) is 0 Å². The second-order valence-corrected chi connectivity index (χ2v) is 3.83. The second kappa shape index (κ2) is 3.29. The van der Waals surface area contributed by atoms with Gasteiger partial charge >= 0.3 is 0 Å². The van der Waals surface area contributed by atoms with Crippen LogP contribution in [-0.2, 0) is 6.42 Å². The maximum absolute atomic E-state index is 9.65. The summed E-state index contributed by atoms with van der Waals surface area (Å²) in [6.07, 6.45) is 0.00832. The third-order valence-corrected chi connectivity index (χ3v) is 2.74. The Kier molecular flexibility index (Phi) is 2.28. The molecule has 2 N–H and O–H groups in total. The topological polar surface area (TPSA) is 40.5 Å². The Morgan fingerprint density at radius 1 is 1.31 bits per heavy atom. The molecule has 0 saturated heterocycles. The van der Waals surface area contributed by atoms with Crippen molar-refractivity contribution in [2.45, 2.75) is 25.0 Å². The van der Waals surface area contributed by atoms with E-state index in [4.69, 9.17) is 11.6 Å². The zero-order chi connectivity index (χ0) is 9.42. The van der Waals surface area contributed by atoms with Crippen LogP contribution in [0.15, 0.2) is 18.2 Å². The molecular formula is C10H11ClO2. The molecule has 1 aliphatic carbocycles. The summed E-state index contributed by atoms with van der Waals surface area (Å²) in [5, 5.41) is 19.7. The fourth-order valence-electron chi connectivity index (χ4n) is 1.74. The van der Waals surface area contributed by atoms with Crippen molar-refractivity contribution in [1.82, 2.24) is 0 Å². The van der Waals surface area contributed by atoms with Crippen molar-refractivity contribution >= 4 is 11.6 Å². The molecule has 0 aromatic heterocycles. The lowest BCUT2D eigenvalue weighted by molar-refractivity contribution is 0.00650. The molecule has 0 amide bonds. The molecule has 0 radical (unpaired) electrons. The minimum Gasteiger partial charge on any atom is -0.390 e. The molecule has 0 aliphatic heterocycles. The fourth-order valence-corrected chi connectivity index (χ4v) is 1.92. The van der Waals surface area contributed by atoms with E-state index in [0.29, 0.717) is 11.4 Å². The highest BCUT2D eigenvalue weighted by Crippen LogP contribution is 2.31. The maximum atomic E-state index is 9.65. The predicted molar refractivity (Wildman–Crippen MR) is 50.7 cm³/mol. The summed E-state index contributed by atoms with van der Waals surface area (Å²) in [4.78, 5) is 0. The van der Waals surface area contributed by atoms with E-state index < -0.39 is 12.2 Å². The summed E-state index contributed by atoms with van der Waals surface area (Å²) >= 11 is 5.80. The first kappa shape index (κ1) is 9.00. The van der Waals surface area contributed by atoms with E-state index in [1.807, 2.05) is 12.1 Å². The molecule has 1 aromatic rings. The van der Waals surface area contributed by atoms with E-state index in [9.17, 15) is 10.2 Å². The van der Waals surface area contributed by atoms with Gasteiger partial charge in [0.25, 0.3) is 0 Å². The van der Waals surface area contributed by atoms with E-state index in [-0.39, 0.29) is 0 Å². The van der Waals surface area contributed by atoms with E-state index >= 15 is 0 Å². The molecule has 0 bridgehead atoms. The average molecular weight is 199 g/mol. The highest BCUT2D eigenvalue weighted by atomic mass is 35.5. The van der Waals surface area contributed by atoms with Crippen LogP contribution in [0.1, 0.15) is 23.7 Å². The lowest BCUT2D eigenvalue weighted by Gasteiger charge is -2.26. The molecular weight excluding hydrogens is 188 g/mol. The van der Waals surface area contributed by atoms with Gasteiger partial charge in [0.1, 0.15) is 6.10 Å². The van der Waals surface area contributed by atoms with Gasteiger partial charge in [0.2, 0.25) is 0 Å². The summed E-state index contributed by atoms with van der Waals surface area (Å²) in [5.74, 6) is 0. The Hall–Kier alpha value is -0.570. The largest absolute Gasteiger partial charge is 0.390 e. The smallest absolute Gasteiger partial charge is 0.105 e. The first-order valence-electron chi connectivity index (χ1n) is 4.33. The number of halogens is 1. The summed E-state index contributed by atoms with van der Waals surface area (Å²) < 4.78 is 0. The fraction of sp³-hybridized carbons (Fsp3) is 0.400. The highest BCUT2D eigenvalue weighted by molar-refractivity contribution is 6.30. The predicted octanol–water partition coefficient (Wildman–Crippen LogP) is 1.68. The second-order valence-electron chi connectivity index (χ2n) is 3.39. The third kappa shape index (κ3) is 1.57. The van der Waals surface area contributed by atoms with Gasteiger partial charge in [0.05, 0.1) is 6.10 Å². The van der Waals surface area contributed by atoms with Crippen LogP contribution in [0.25, 0.3) is 0 Å². The van der Waals surface area contributed by atoms with Gasteiger partial charge in [-0.3, -0.25) is 0 Å². The average Bonchev–Trinajstić information content (AvgIpc) is 2.12. The normalized spacial score (nSPS) is 27.0. The van der Waals surface area contributed by atoms with Crippen molar-refractivity contribution in [3.05, 3.63) is 34.3 Å². The molecule has 2 nitrogen and oxygen atoms in total. The minimum absolute atomic E-state index is 0.604. The third-order valence-electron chi connectivity index (χ3n) is 2.50. The lowest BCUT2D eigenvalue weighted by Crippen LogP contribution is -2.24. The molecule has 1 aromatic carbocycles. The Bertz CT molecular complexity index is 325. The standard InChI is InChI=1S/C10H11ClO2/c11-7-3-1-6-2-4-9(12)10(13)8(6)5-7/h1,3,5,9-10,12-13H,2,4H2. The van der Waals surface area contributed by atoms with Gasteiger partial charge in [0.15, 0.2) is 0 Å². The van der Waals surface area contributed by atoms with Crippen molar-refractivity contribution in [2.75, 3.05) is 0 Å². The molecule has 2 unspecified atom stereocenters. The summed E-state index contributed by atoms with van der Waals surface area (Å²) in [5.41, 5.74) is 1.86. The van der Waals surface area contributed by atoms with Crippen LogP contribution in [0.3, 0.4) is 0 Å². The first-order chi connectivity index (χ1) is 6.18. The Labute approximate surface area is 81.8 Å². The minimum atomic E-state index is -0.776.